The topological polar surface area (TPSA) is 106 Å². The third kappa shape index (κ3) is 6.71. The van der Waals surface area contributed by atoms with Gasteiger partial charge in [-0.25, -0.2) is 4.57 Å². The van der Waals surface area contributed by atoms with Crippen LogP contribution in [0.25, 0.3) is 0 Å². The zero-order valence-electron chi connectivity index (χ0n) is 15.6. The van der Waals surface area contributed by atoms with E-state index in [1.807, 2.05) is 44.2 Å². The maximum absolute atomic E-state index is 13.6. The molecule has 0 heterocycles. The molecule has 0 unspecified atom stereocenters. The molecule has 0 aliphatic carbocycles. The van der Waals surface area contributed by atoms with Crippen molar-refractivity contribution in [1.82, 2.24) is 4.67 Å². The smallest absolute Gasteiger partial charge is 0.365 e. The number of primary amides is 1. The fraction of sp³-hybridized carbons (Fsp3) is 0.444. The van der Waals surface area contributed by atoms with E-state index in [4.69, 9.17) is 14.8 Å². The first-order valence-electron chi connectivity index (χ1n) is 8.68. The van der Waals surface area contributed by atoms with Crippen molar-refractivity contribution in [3.63, 3.8) is 0 Å². The summed E-state index contributed by atoms with van der Waals surface area (Å²) in [6, 6.07) is 11.0. The molecule has 0 aromatic heterocycles. The average molecular weight is 411 g/mol. The Morgan fingerprint density at radius 2 is 1.78 bits per heavy atom. The molecule has 0 saturated carbocycles. The van der Waals surface area contributed by atoms with Gasteiger partial charge in [0.05, 0.1) is 25.5 Å². The van der Waals surface area contributed by atoms with Crippen molar-refractivity contribution < 1.29 is 18.4 Å². The molecule has 0 aliphatic rings. The van der Waals surface area contributed by atoms with Gasteiger partial charge in [0.1, 0.15) is 11.6 Å². The molecular weight excluding hydrogens is 385 g/mol. The van der Waals surface area contributed by atoms with E-state index in [1.165, 1.54) is 4.67 Å². The highest BCUT2D eigenvalue weighted by molar-refractivity contribution is 7.80. The summed E-state index contributed by atoms with van der Waals surface area (Å²) in [5.41, 5.74) is 5.95. The van der Waals surface area contributed by atoms with E-state index in [9.17, 15) is 14.6 Å². The number of carbonyl (C=O) groups is 1. The van der Waals surface area contributed by atoms with Crippen LogP contribution in [0.3, 0.4) is 0 Å². The van der Waals surface area contributed by atoms with Gasteiger partial charge in [-0.15, -0.1) is 0 Å². The maximum Gasteiger partial charge on any atom is 0.435 e. The summed E-state index contributed by atoms with van der Waals surface area (Å²) in [5.74, 6) is -0.953. The van der Waals surface area contributed by atoms with Crippen LogP contribution in [-0.2, 0) is 25.0 Å². The minimum absolute atomic E-state index is 0.0341. The molecule has 0 bridgehead atoms. The van der Waals surface area contributed by atoms with Crippen molar-refractivity contribution in [1.29, 1.82) is 5.26 Å². The fourth-order valence-electron chi connectivity index (χ4n) is 2.23. The van der Waals surface area contributed by atoms with Gasteiger partial charge in [0.15, 0.2) is 0 Å². The normalized spacial score (nSPS) is 12.2. The van der Waals surface area contributed by atoms with Crippen molar-refractivity contribution in [3.8, 4) is 6.07 Å². The SMILES string of the molecule is CCCOP(=O)(OCCC)N(Cc1ccccc1)/C(CS)=C(\C#N)C(N)=O. The highest BCUT2D eigenvalue weighted by Crippen LogP contribution is 2.55. The van der Waals surface area contributed by atoms with Crippen LogP contribution in [-0.4, -0.2) is 29.5 Å². The van der Waals surface area contributed by atoms with Gasteiger partial charge in [-0.2, -0.15) is 17.9 Å². The fourth-order valence-corrected chi connectivity index (χ4v) is 4.65. The van der Waals surface area contributed by atoms with Gasteiger partial charge in [0.2, 0.25) is 0 Å². The second-order valence-electron chi connectivity index (χ2n) is 5.63. The van der Waals surface area contributed by atoms with Crippen LogP contribution in [0, 0.1) is 11.3 Å². The first kappa shape index (κ1) is 23.3. The molecule has 0 aliphatic heterocycles. The molecule has 148 valence electrons. The van der Waals surface area contributed by atoms with Crippen LogP contribution in [0.2, 0.25) is 0 Å². The zero-order valence-corrected chi connectivity index (χ0v) is 17.4. The van der Waals surface area contributed by atoms with Crippen LogP contribution in [0.4, 0.5) is 0 Å². The molecule has 0 radical (unpaired) electrons. The number of rotatable bonds is 12. The van der Waals surface area contributed by atoms with Crippen LogP contribution < -0.4 is 5.73 Å². The van der Waals surface area contributed by atoms with Gasteiger partial charge in [0.25, 0.3) is 5.91 Å². The maximum atomic E-state index is 13.6. The zero-order chi connectivity index (χ0) is 20.3. The first-order valence-corrected chi connectivity index (χ1v) is 10.8. The van der Waals surface area contributed by atoms with Gasteiger partial charge in [-0.3, -0.25) is 18.5 Å². The van der Waals surface area contributed by atoms with Crippen LogP contribution in [0.1, 0.15) is 32.3 Å². The summed E-state index contributed by atoms with van der Waals surface area (Å²) in [6.45, 7) is 4.27. The molecule has 7 nitrogen and oxygen atoms in total. The number of nitrogens with two attached hydrogens (primary N) is 1. The number of thiol groups is 1. The Balaban J connectivity index is 3.51. The number of hydrogen-bond acceptors (Lipinski definition) is 6. The van der Waals surface area contributed by atoms with Gasteiger partial charge >= 0.3 is 7.75 Å². The van der Waals surface area contributed by atoms with E-state index in [-0.39, 0.29) is 36.8 Å². The standard InChI is InChI=1S/C18H26N3O4PS/c1-3-10-24-26(23,25-11-4-2)21(13-15-8-6-5-7-9-15)17(14-27)16(12-19)18(20)22/h5-9,27H,3-4,10-11,13-14H2,1-2H3,(H2,20,22)/b17-16+. The molecule has 0 atom stereocenters. The molecular formula is C18H26N3O4PS. The van der Waals surface area contributed by atoms with Crippen LogP contribution in [0.15, 0.2) is 41.6 Å². The highest BCUT2D eigenvalue weighted by Gasteiger charge is 2.37. The lowest BCUT2D eigenvalue weighted by molar-refractivity contribution is -0.114. The van der Waals surface area contributed by atoms with Gasteiger partial charge in [-0.1, -0.05) is 44.2 Å². The predicted molar refractivity (Wildman–Crippen MR) is 108 cm³/mol. The summed E-state index contributed by atoms with van der Waals surface area (Å²) >= 11 is 4.23. The Labute approximate surface area is 166 Å². The third-order valence-electron chi connectivity index (χ3n) is 3.50. The van der Waals surface area contributed by atoms with E-state index in [2.05, 4.69) is 12.6 Å². The van der Waals surface area contributed by atoms with Crippen molar-refractivity contribution in [3.05, 3.63) is 47.2 Å². The molecule has 1 rings (SSSR count). The third-order valence-corrected chi connectivity index (χ3v) is 5.79. The Morgan fingerprint density at radius 1 is 1.22 bits per heavy atom. The van der Waals surface area contributed by atoms with Crippen LogP contribution >= 0.6 is 20.4 Å². The number of nitrogens with zero attached hydrogens (tertiary/aromatic N) is 2. The van der Waals surface area contributed by atoms with Crippen LogP contribution in [0.5, 0.6) is 0 Å². The Kier molecular flexibility index (Phi) is 10.2. The summed E-state index contributed by atoms with van der Waals surface area (Å²) in [5, 5.41) is 9.39. The molecule has 1 amide bonds. The molecule has 0 spiro atoms. The van der Waals surface area contributed by atoms with Crippen molar-refractivity contribution in [2.75, 3.05) is 19.0 Å². The molecule has 1 aromatic rings. The Bertz CT molecular complexity index is 722. The second-order valence-corrected chi connectivity index (χ2v) is 7.89. The number of benzene rings is 1. The van der Waals surface area contributed by atoms with E-state index in [1.54, 1.807) is 6.07 Å². The quantitative estimate of drug-likeness (QED) is 0.235. The van der Waals surface area contributed by atoms with E-state index in [0.717, 1.165) is 5.56 Å². The first-order chi connectivity index (χ1) is 12.9. The Morgan fingerprint density at radius 3 is 2.19 bits per heavy atom. The number of carbonyl (C=O) groups excluding carboxylic acids is 1. The largest absolute Gasteiger partial charge is 0.435 e. The number of nitriles is 1. The minimum Gasteiger partial charge on any atom is -0.365 e. The molecule has 9 heteroatoms. The summed E-state index contributed by atoms with van der Waals surface area (Å²) in [4.78, 5) is 11.8. The predicted octanol–water partition coefficient (Wildman–Crippen LogP) is 3.64. The highest BCUT2D eigenvalue weighted by atomic mass is 32.1. The Hall–Kier alpha value is -1.78. The van der Waals surface area contributed by atoms with Gasteiger partial charge in [-0.05, 0) is 18.4 Å². The van der Waals surface area contributed by atoms with Crippen molar-refractivity contribution in [2.45, 2.75) is 33.2 Å². The van der Waals surface area contributed by atoms with E-state index >= 15 is 0 Å². The summed E-state index contributed by atoms with van der Waals surface area (Å²) in [7, 11) is -3.84. The number of amides is 1. The number of hydrogen-bond donors (Lipinski definition) is 2. The van der Waals surface area contributed by atoms with Crippen molar-refractivity contribution >= 4 is 26.3 Å². The molecule has 27 heavy (non-hydrogen) atoms. The van der Waals surface area contributed by atoms with Gasteiger partial charge < -0.3 is 5.73 Å². The van der Waals surface area contributed by atoms with E-state index < -0.39 is 13.7 Å². The average Bonchev–Trinajstić information content (AvgIpc) is 2.67. The van der Waals surface area contributed by atoms with E-state index in [0.29, 0.717) is 12.8 Å². The lowest BCUT2D eigenvalue weighted by Gasteiger charge is -2.33. The molecule has 2 N–H and O–H groups in total. The lowest BCUT2D eigenvalue weighted by Crippen LogP contribution is -2.28. The van der Waals surface area contributed by atoms with Gasteiger partial charge in [0, 0.05) is 5.75 Å². The lowest BCUT2D eigenvalue weighted by atomic mass is 10.2. The van der Waals surface area contributed by atoms with Crippen molar-refractivity contribution in [2.24, 2.45) is 5.73 Å². The monoisotopic (exact) mass is 411 g/mol. The molecule has 0 saturated heterocycles. The molecule has 1 aromatic carbocycles. The minimum atomic E-state index is -3.84. The molecule has 0 fully saturated rings. The summed E-state index contributed by atoms with van der Waals surface area (Å²) in [6.07, 6.45) is 1.25. The summed E-state index contributed by atoms with van der Waals surface area (Å²) < 4.78 is 26.2. The second kappa shape index (κ2) is 11.8.